The molecule has 0 amide bonds. The summed E-state index contributed by atoms with van der Waals surface area (Å²) >= 11 is 0. The molecule has 0 spiro atoms. The third-order valence-corrected chi connectivity index (χ3v) is 2.77. The minimum atomic E-state index is -1.27. The van der Waals surface area contributed by atoms with E-state index in [4.69, 9.17) is 9.84 Å². The summed E-state index contributed by atoms with van der Waals surface area (Å²) in [6.07, 6.45) is 0.510. The Morgan fingerprint density at radius 2 is 1.95 bits per heavy atom. The Morgan fingerprint density at radius 1 is 1.19 bits per heavy atom. The maximum absolute atomic E-state index is 13.4. The number of ether oxygens (including phenoxy) is 1. The second-order valence-electron chi connectivity index (χ2n) is 4.20. The summed E-state index contributed by atoms with van der Waals surface area (Å²) in [4.78, 5) is 21.7. The third kappa shape index (κ3) is 3.42. The number of aldehydes is 1. The van der Waals surface area contributed by atoms with Crippen LogP contribution in [-0.2, 0) is 6.61 Å². The molecule has 0 fully saturated rings. The van der Waals surface area contributed by atoms with E-state index in [2.05, 4.69) is 0 Å². The van der Waals surface area contributed by atoms with E-state index in [0.717, 1.165) is 12.1 Å². The zero-order chi connectivity index (χ0) is 15.4. The van der Waals surface area contributed by atoms with Gasteiger partial charge in [-0.2, -0.15) is 0 Å². The van der Waals surface area contributed by atoms with Crippen LogP contribution >= 0.6 is 0 Å². The number of carbonyl (C=O) groups is 2. The lowest BCUT2D eigenvalue weighted by Gasteiger charge is -2.10. The Kier molecular flexibility index (Phi) is 4.27. The van der Waals surface area contributed by atoms with E-state index in [1.54, 1.807) is 0 Å². The lowest BCUT2D eigenvalue weighted by molar-refractivity contribution is 0.0691. The van der Waals surface area contributed by atoms with Gasteiger partial charge in [0.05, 0.1) is 0 Å². The van der Waals surface area contributed by atoms with E-state index in [0.29, 0.717) is 12.4 Å². The highest BCUT2D eigenvalue weighted by Gasteiger charge is 2.13. The summed E-state index contributed by atoms with van der Waals surface area (Å²) in [7, 11) is 0. The van der Waals surface area contributed by atoms with Crippen LogP contribution in [0.1, 0.15) is 26.3 Å². The standard InChI is InChI=1S/C15H10F2O4/c16-11-3-2-10(13(17)6-11)8-21-14-4-1-9(7-18)5-12(14)15(19)20/h1-7H,8H2,(H,19,20). The van der Waals surface area contributed by atoms with Crippen molar-refractivity contribution >= 4 is 12.3 Å². The second kappa shape index (κ2) is 6.13. The minimum absolute atomic E-state index is 0.00294. The number of rotatable bonds is 5. The SMILES string of the molecule is O=Cc1ccc(OCc2ccc(F)cc2F)c(C(=O)O)c1. The van der Waals surface area contributed by atoms with Crippen LogP contribution in [0.15, 0.2) is 36.4 Å². The van der Waals surface area contributed by atoms with Gasteiger partial charge in [0.1, 0.15) is 35.8 Å². The number of carboxylic acids is 1. The number of benzene rings is 2. The van der Waals surface area contributed by atoms with Crippen molar-refractivity contribution in [2.45, 2.75) is 6.61 Å². The Labute approximate surface area is 118 Å². The molecule has 0 heterocycles. The smallest absolute Gasteiger partial charge is 0.339 e. The van der Waals surface area contributed by atoms with Gasteiger partial charge in [-0.25, -0.2) is 13.6 Å². The van der Waals surface area contributed by atoms with Crippen molar-refractivity contribution in [2.75, 3.05) is 0 Å². The fourth-order valence-corrected chi connectivity index (χ4v) is 1.71. The highest BCUT2D eigenvalue weighted by atomic mass is 19.1. The van der Waals surface area contributed by atoms with Crippen molar-refractivity contribution in [3.8, 4) is 5.75 Å². The Balaban J connectivity index is 2.23. The molecule has 108 valence electrons. The van der Waals surface area contributed by atoms with E-state index in [1.807, 2.05) is 0 Å². The lowest BCUT2D eigenvalue weighted by atomic mass is 10.1. The molecule has 0 unspecified atom stereocenters. The summed E-state index contributed by atoms with van der Waals surface area (Å²) < 4.78 is 31.5. The fraction of sp³-hybridized carbons (Fsp3) is 0.0667. The van der Waals surface area contributed by atoms with E-state index >= 15 is 0 Å². The van der Waals surface area contributed by atoms with Crippen molar-refractivity contribution in [1.29, 1.82) is 0 Å². The molecule has 0 aliphatic carbocycles. The molecule has 6 heteroatoms. The maximum atomic E-state index is 13.4. The molecule has 2 aromatic rings. The Morgan fingerprint density at radius 3 is 2.57 bits per heavy atom. The summed E-state index contributed by atoms with van der Waals surface area (Å²) in [5.74, 6) is -2.76. The van der Waals surface area contributed by atoms with Crippen molar-refractivity contribution in [1.82, 2.24) is 0 Å². The van der Waals surface area contributed by atoms with Gasteiger partial charge in [-0.05, 0) is 30.3 Å². The maximum Gasteiger partial charge on any atom is 0.339 e. The van der Waals surface area contributed by atoms with Crippen LogP contribution in [-0.4, -0.2) is 17.4 Å². The number of carbonyl (C=O) groups excluding carboxylic acids is 1. The second-order valence-corrected chi connectivity index (χ2v) is 4.20. The first-order chi connectivity index (χ1) is 10.0. The van der Waals surface area contributed by atoms with Gasteiger partial charge in [-0.1, -0.05) is 0 Å². The molecular formula is C15H10F2O4. The molecule has 4 nitrogen and oxygen atoms in total. The van der Waals surface area contributed by atoms with Gasteiger partial charge >= 0.3 is 5.97 Å². The van der Waals surface area contributed by atoms with E-state index in [1.165, 1.54) is 18.2 Å². The first kappa shape index (κ1) is 14.6. The van der Waals surface area contributed by atoms with Crippen LogP contribution in [0.2, 0.25) is 0 Å². The van der Waals surface area contributed by atoms with Gasteiger partial charge in [0, 0.05) is 17.2 Å². The fourth-order valence-electron chi connectivity index (χ4n) is 1.71. The van der Waals surface area contributed by atoms with Gasteiger partial charge in [-0.3, -0.25) is 4.79 Å². The molecule has 0 saturated carbocycles. The first-order valence-corrected chi connectivity index (χ1v) is 5.90. The highest BCUT2D eigenvalue weighted by molar-refractivity contribution is 5.93. The number of aromatic carboxylic acids is 1. The zero-order valence-electron chi connectivity index (χ0n) is 10.7. The molecule has 0 aliphatic heterocycles. The first-order valence-electron chi connectivity index (χ1n) is 5.90. The topological polar surface area (TPSA) is 63.6 Å². The summed E-state index contributed by atoms with van der Waals surface area (Å²) in [6, 6.07) is 6.86. The average molecular weight is 292 g/mol. The largest absolute Gasteiger partial charge is 0.488 e. The summed E-state index contributed by atoms with van der Waals surface area (Å²) in [5.41, 5.74) is 0.0713. The number of halogens is 2. The van der Waals surface area contributed by atoms with Crippen LogP contribution in [0.25, 0.3) is 0 Å². The Hall–Kier alpha value is -2.76. The summed E-state index contributed by atoms with van der Waals surface area (Å²) in [6.45, 7) is -0.257. The third-order valence-electron chi connectivity index (χ3n) is 2.77. The molecule has 21 heavy (non-hydrogen) atoms. The van der Waals surface area contributed by atoms with Crippen molar-refractivity contribution in [3.63, 3.8) is 0 Å². The summed E-state index contributed by atoms with van der Waals surface area (Å²) in [5, 5.41) is 9.05. The van der Waals surface area contributed by atoms with Gasteiger partial charge in [0.15, 0.2) is 0 Å². The monoisotopic (exact) mass is 292 g/mol. The van der Waals surface area contributed by atoms with Gasteiger partial charge in [0.25, 0.3) is 0 Å². The predicted octanol–water partition coefficient (Wildman–Crippen LogP) is 3.05. The average Bonchev–Trinajstić information content (AvgIpc) is 2.46. The molecule has 1 N–H and O–H groups in total. The number of carboxylic acid groups (broad SMARTS) is 1. The van der Waals surface area contributed by atoms with Crippen LogP contribution < -0.4 is 4.74 Å². The molecule has 0 atom stereocenters. The molecule has 0 saturated heterocycles. The van der Waals surface area contributed by atoms with Crippen LogP contribution in [0.3, 0.4) is 0 Å². The van der Waals surface area contributed by atoms with Gasteiger partial charge < -0.3 is 9.84 Å². The van der Waals surface area contributed by atoms with Crippen molar-refractivity contribution < 1.29 is 28.2 Å². The number of hydrogen-bond acceptors (Lipinski definition) is 3. The number of hydrogen-bond donors (Lipinski definition) is 1. The van der Waals surface area contributed by atoms with Crippen LogP contribution in [0, 0.1) is 11.6 Å². The highest BCUT2D eigenvalue weighted by Crippen LogP contribution is 2.22. The van der Waals surface area contributed by atoms with E-state index in [9.17, 15) is 18.4 Å². The lowest BCUT2D eigenvalue weighted by Crippen LogP contribution is -2.05. The van der Waals surface area contributed by atoms with Crippen molar-refractivity contribution in [3.05, 3.63) is 64.7 Å². The molecular weight excluding hydrogens is 282 g/mol. The molecule has 2 aromatic carbocycles. The normalized spacial score (nSPS) is 10.2. The van der Waals surface area contributed by atoms with Gasteiger partial charge in [-0.15, -0.1) is 0 Å². The molecule has 0 radical (unpaired) electrons. The quantitative estimate of drug-likeness (QED) is 0.860. The van der Waals surface area contributed by atoms with Crippen LogP contribution in [0.5, 0.6) is 5.75 Å². The molecule has 0 aromatic heterocycles. The molecule has 0 bridgehead atoms. The molecule has 2 rings (SSSR count). The van der Waals surface area contributed by atoms with Crippen LogP contribution in [0.4, 0.5) is 8.78 Å². The molecule has 0 aliphatic rings. The van der Waals surface area contributed by atoms with E-state index < -0.39 is 17.6 Å². The van der Waals surface area contributed by atoms with Crippen molar-refractivity contribution in [2.24, 2.45) is 0 Å². The van der Waals surface area contributed by atoms with Gasteiger partial charge in [0.2, 0.25) is 0 Å². The Bertz CT molecular complexity index is 698. The zero-order valence-corrected chi connectivity index (χ0v) is 10.7. The minimum Gasteiger partial charge on any atom is -0.488 e. The van der Waals surface area contributed by atoms with E-state index in [-0.39, 0.29) is 29.0 Å². The predicted molar refractivity (Wildman–Crippen MR) is 69.5 cm³/mol.